The molecule has 0 aliphatic heterocycles. The average molecular weight is 164 g/mol. The molecule has 0 amide bonds. The first kappa shape index (κ1) is 9.23. The van der Waals surface area contributed by atoms with Crippen LogP contribution in [0.1, 0.15) is 18.0 Å². The Morgan fingerprint density at radius 3 is 2.58 bits per heavy atom. The number of hydrogen-bond acceptors (Lipinski definition) is 2. The third kappa shape index (κ3) is 2.64. The first-order valence-electron chi connectivity index (χ1n) is 4.29. The summed E-state index contributed by atoms with van der Waals surface area (Å²) < 4.78 is 0. The molecule has 1 aromatic carbocycles. The van der Waals surface area contributed by atoms with E-state index in [0.29, 0.717) is 0 Å². The lowest BCUT2D eigenvalue weighted by molar-refractivity contribution is 0.616. The second kappa shape index (κ2) is 4.91. The smallest absolute Gasteiger partial charge is 0.0306 e. The zero-order chi connectivity index (χ0) is 8.81. The molecule has 0 aromatic heterocycles. The maximum absolute atomic E-state index is 5.94. The van der Waals surface area contributed by atoms with E-state index in [4.69, 9.17) is 5.73 Å². The van der Waals surface area contributed by atoms with Gasteiger partial charge in [0.25, 0.3) is 0 Å². The van der Waals surface area contributed by atoms with Gasteiger partial charge < -0.3 is 11.1 Å². The van der Waals surface area contributed by atoms with E-state index < -0.39 is 0 Å². The highest BCUT2D eigenvalue weighted by molar-refractivity contribution is 5.18. The molecule has 1 aromatic rings. The standard InChI is InChI=1S/C10H16N2/c1-12-8-7-10(11)9-5-3-2-4-6-9/h2-6,10,12H,7-8,11H2,1H3/t10-/m1/s1. The largest absolute Gasteiger partial charge is 0.324 e. The van der Waals surface area contributed by atoms with Crippen LogP contribution in [0.25, 0.3) is 0 Å². The normalized spacial score (nSPS) is 12.8. The molecule has 2 heteroatoms. The zero-order valence-electron chi connectivity index (χ0n) is 7.46. The Hall–Kier alpha value is -0.860. The molecule has 66 valence electrons. The van der Waals surface area contributed by atoms with Crippen molar-refractivity contribution in [2.24, 2.45) is 5.73 Å². The molecule has 0 saturated heterocycles. The van der Waals surface area contributed by atoms with Gasteiger partial charge in [-0.3, -0.25) is 0 Å². The fourth-order valence-electron chi connectivity index (χ4n) is 1.17. The topological polar surface area (TPSA) is 38.0 Å². The molecule has 0 saturated carbocycles. The minimum atomic E-state index is 0.165. The molecule has 0 aliphatic rings. The molecule has 0 heterocycles. The lowest BCUT2D eigenvalue weighted by Gasteiger charge is -2.10. The lowest BCUT2D eigenvalue weighted by atomic mass is 10.1. The first-order chi connectivity index (χ1) is 5.84. The highest BCUT2D eigenvalue weighted by Gasteiger charge is 2.02. The molecular weight excluding hydrogens is 148 g/mol. The molecule has 0 fully saturated rings. The fraction of sp³-hybridized carbons (Fsp3) is 0.400. The van der Waals surface area contributed by atoms with Crippen molar-refractivity contribution in [3.05, 3.63) is 35.9 Å². The average Bonchev–Trinajstić information content (AvgIpc) is 2.15. The summed E-state index contributed by atoms with van der Waals surface area (Å²) >= 11 is 0. The molecule has 0 spiro atoms. The van der Waals surface area contributed by atoms with E-state index in [9.17, 15) is 0 Å². The fourth-order valence-corrected chi connectivity index (χ4v) is 1.17. The van der Waals surface area contributed by atoms with Gasteiger partial charge in [0, 0.05) is 6.04 Å². The maximum Gasteiger partial charge on any atom is 0.0306 e. The van der Waals surface area contributed by atoms with Crippen molar-refractivity contribution in [1.29, 1.82) is 0 Å². The quantitative estimate of drug-likeness (QED) is 0.704. The van der Waals surface area contributed by atoms with E-state index in [1.807, 2.05) is 25.2 Å². The van der Waals surface area contributed by atoms with Gasteiger partial charge in [0.1, 0.15) is 0 Å². The van der Waals surface area contributed by atoms with Crippen LogP contribution in [0.4, 0.5) is 0 Å². The number of benzene rings is 1. The summed E-state index contributed by atoms with van der Waals surface area (Å²) in [4.78, 5) is 0. The molecule has 12 heavy (non-hydrogen) atoms. The summed E-state index contributed by atoms with van der Waals surface area (Å²) in [6, 6.07) is 10.4. The Labute approximate surface area is 73.8 Å². The van der Waals surface area contributed by atoms with Gasteiger partial charge in [-0.2, -0.15) is 0 Å². The number of nitrogens with two attached hydrogens (primary N) is 1. The third-order valence-corrected chi connectivity index (χ3v) is 1.93. The predicted molar refractivity (Wildman–Crippen MR) is 51.9 cm³/mol. The lowest BCUT2D eigenvalue weighted by Crippen LogP contribution is -2.17. The van der Waals surface area contributed by atoms with Crippen LogP contribution < -0.4 is 11.1 Å². The van der Waals surface area contributed by atoms with Gasteiger partial charge in [-0.25, -0.2) is 0 Å². The van der Waals surface area contributed by atoms with Gasteiger partial charge in [-0.1, -0.05) is 30.3 Å². The zero-order valence-corrected chi connectivity index (χ0v) is 7.46. The molecule has 0 bridgehead atoms. The van der Waals surface area contributed by atoms with Crippen molar-refractivity contribution < 1.29 is 0 Å². The Morgan fingerprint density at radius 1 is 1.33 bits per heavy atom. The van der Waals surface area contributed by atoms with Crippen molar-refractivity contribution in [2.75, 3.05) is 13.6 Å². The first-order valence-corrected chi connectivity index (χ1v) is 4.29. The predicted octanol–water partition coefficient (Wildman–Crippen LogP) is 1.30. The van der Waals surface area contributed by atoms with Crippen LogP contribution >= 0.6 is 0 Å². The molecule has 0 aliphatic carbocycles. The molecule has 1 atom stereocenters. The third-order valence-electron chi connectivity index (χ3n) is 1.93. The Bertz CT molecular complexity index is 208. The van der Waals surface area contributed by atoms with Crippen molar-refractivity contribution >= 4 is 0 Å². The summed E-state index contributed by atoms with van der Waals surface area (Å²) in [6.45, 7) is 0.968. The summed E-state index contributed by atoms with van der Waals surface area (Å²) in [6.07, 6.45) is 0.987. The van der Waals surface area contributed by atoms with Crippen LogP contribution in [-0.2, 0) is 0 Å². The summed E-state index contributed by atoms with van der Waals surface area (Å²) in [5.74, 6) is 0. The number of nitrogens with one attached hydrogen (secondary N) is 1. The van der Waals surface area contributed by atoms with Gasteiger partial charge >= 0.3 is 0 Å². The Morgan fingerprint density at radius 2 is 2.00 bits per heavy atom. The van der Waals surface area contributed by atoms with Crippen molar-refractivity contribution in [3.63, 3.8) is 0 Å². The van der Waals surface area contributed by atoms with Crippen LogP contribution in [0.15, 0.2) is 30.3 Å². The van der Waals surface area contributed by atoms with E-state index in [2.05, 4.69) is 17.4 Å². The van der Waals surface area contributed by atoms with Crippen LogP contribution in [0.5, 0.6) is 0 Å². The van der Waals surface area contributed by atoms with Crippen molar-refractivity contribution in [1.82, 2.24) is 5.32 Å². The summed E-state index contributed by atoms with van der Waals surface area (Å²) in [7, 11) is 1.94. The minimum absolute atomic E-state index is 0.165. The van der Waals surface area contributed by atoms with Gasteiger partial charge in [0.15, 0.2) is 0 Å². The van der Waals surface area contributed by atoms with Crippen LogP contribution in [0.2, 0.25) is 0 Å². The monoisotopic (exact) mass is 164 g/mol. The number of rotatable bonds is 4. The van der Waals surface area contributed by atoms with Crippen LogP contribution in [-0.4, -0.2) is 13.6 Å². The van der Waals surface area contributed by atoms with Gasteiger partial charge in [-0.15, -0.1) is 0 Å². The van der Waals surface area contributed by atoms with Gasteiger partial charge in [0.05, 0.1) is 0 Å². The summed E-state index contributed by atoms with van der Waals surface area (Å²) in [5.41, 5.74) is 7.16. The molecule has 1 rings (SSSR count). The van der Waals surface area contributed by atoms with E-state index in [1.165, 1.54) is 5.56 Å². The van der Waals surface area contributed by atoms with E-state index in [-0.39, 0.29) is 6.04 Å². The van der Waals surface area contributed by atoms with Crippen molar-refractivity contribution in [3.8, 4) is 0 Å². The second-order valence-corrected chi connectivity index (χ2v) is 2.91. The molecule has 0 radical (unpaired) electrons. The highest BCUT2D eigenvalue weighted by atomic mass is 14.8. The SMILES string of the molecule is CNCC[C@@H](N)c1ccccc1. The van der Waals surface area contributed by atoms with E-state index in [1.54, 1.807) is 0 Å². The van der Waals surface area contributed by atoms with Gasteiger partial charge in [0.2, 0.25) is 0 Å². The van der Waals surface area contributed by atoms with E-state index in [0.717, 1.165) is 13.0 Å². The maximum atomic E-state index is 5.94. The summed E-state index contributed by atoms with van der Waals surface area (Å²) in [5, 5.41) is 3.09. The molecule has 0 unspecified atom stereocenters. The van der Waals surface area contributed by atoms with Crippen molar-refractivity contribution in [2.45, 2.75) is 12.5 Å². The molecule has 2 nitrogen and oxygen atoms in total. The van der Waals surface area contributed by atoms with E-state index >= 15 is 0 Å². The van der Waals surface area contributed by atoms with Crippen LogP contribution in [0.3, 0.4) is 0 Å². The second-order valence-electron chi connectivity index (χ2n) is 2.91. The number of hydrogen-bond donors (Lipinski definition) is 2. The van der Waals surface area contributed by atoms with Crippen LogP contribution in [0, 0.1) is 0 Å². The molecule has 3 N–H and O–H groups in total. The Kier molecular flexibility index (Phi) is 3.77. The Balaban J connectivity index is 2.48. The van der Waals surface area contributed by atoms with Gasteiger partial charge in [-0.05, 0) is 25.6 Å². The molecular formula is C10H16N2. The highest BCUT2D eigenvalue weighted by Crippen LogP contribution is 2.11. The minimum Gasteiger partial charge on any atom is -0.324 e.